The van der Waals surface area contributed by atoms with E-state index in [1.807, 2.05) is 0 Å². The van der Waals surface area contributed by atoms with Crippen molar-refractivity contribution in [2.45, 2.75) is 45.1 Å². The Morgan fingerprint density at radius 2 is 2.04 bits per heavy atom. The monoisotopic (exact) mass is 376 g/mol. The van der Waals surface area contributed by atoms with Gasteiger partial charge in [-0.25, -0.2) is 4.79 Å². The zero-order valence-electron chi connectivity index (χ0n) is 15.5. The minimum atomic E-state index is -1.45. The highest BCUT2D eigenvalue weighted by atomic mass is 16.6. The second kappa shape index (κ2) is 8.61. The van der Waals surface area contributed by atoms with Crippen molar-refractivity contribution in [3.63, 3.8) is 0 Å². The molecule has 1 aliphatic heterocycles. The Morgan fingerprint density at radius 3 is 2.70 bits per heavy atom. The Labute approximate surface area is 157 Å². The second-order valence-electron chi connectivity index (χ2n) is 6.66. The zero-order valence-corrected chi connectivity index (χ0v) is 15.5. The Hall–Kier alpha value is -2.97. The molecule has 1 heterocycles. The van der Waals surface area contributed by atoms with E-state index >= 15 is 0 Å². The van der Waals surface area contributed by atoms with Gasteiger partial charge in [0.15, 0.2) is 0 Å². The van der Waals surface area contributed by atoms with Crippen molar-refractivity contribution in [1.82, 2.24) is 15.5 Å². The lowest BCUT2D eigenvalue weighted by Crippen LogP contribution is -2.43. The predicted octanol–water partition coefficient (Wildman–Crippen LogP) is 2.06. The second-order valence-corrected chi connectivity index (χ2v) is 6.66. The predicted molar refractivity (Wildman–Crippen MR) is 97.8 cm³/mol. The first kappa shape index (κ1) is 20.3. The van der Waals surface area contributed by atoms with Gasteiger partial charge in [-0.2, -0.15) is 0 Å². The molecule has 9 nitrogen and oxygen atoms in total. The fourth-order valence-electron chi connectivity index (χ4n) is 2.95. The summed E-state index contributed by atoms with van der Waals surface area (Å²) in [7, 11) is 0. The molecule has 4 amide bonds. The van der Waals surface area contributed by atoms with Crippen LogP contribution in [0, 0.1) is 10.1 Å². The van der Waals surface area contributed by atoms with Crippen LogP contribution in [0.3, 0.4) is 0 Å². The van der Waals surface area contributed by atoms with E-state index in [-0.39, 0.29) is 17.8 Å². The molecule has 1 atom stereocenters. The van der Waals surface area contributed by atoms with E-state index in [1.165, 1.54) is 31.2 Å². The molecule has 1 aromatic carbocycles. The molecule has 0 aromatic heterocycles. The van der Waals surface area contributed by atoms with Crippen LogP contribution in [-0.4, -0.2) is 40.8 Å². The number of nitrogens with one attached hydrogen (secondary N) is 2. The lowest BCUT2D eigenvalue weighted by molar-refractivity contribution is -0.385. The van der Waals surface area contributed by atoms with Gasteiger partial charge in [-0.1, -0.05) is 38.3 Å². The number of nitrogens with zero attached hydrogens (tertiary/aromatic N) is 2. The normalized spacial score (nSPS) is 19.1. The molecule has 1 unspecified atom stereocenters. The van der Waals surface area contributed by atoms with E-state index in [1.54, 1.807) is 0 Å². The van der Waals surface area contributed by atoms with Crippen molar-refractivity contribution in [2.24, 2.45) is 0 Å². The first-order chi connectivity index (χ1) is 12.8. The number of non-ortho nitro benzene ring substituents is 1. The Balaban J connectivity index is 2.04. The molecule has 1 aliphatic rings. The molecule has 146 valence electrons. The summed E-state index contributed by atoms with van der Waals surface area (Å²) in [6.45, 7) is 3.66. The van der Waals surface area contributed by atoms with E-state index < -0.39 is 28.3 Å². The molecule has 0 spiro atoms. The molecule has 1 aromatic rings. The lowest BCUT2D eigenvalue weighted by Gasteiger charge is -2.22. The Kier molecular flexibility index (Phi) is 6.49. The molecular formula is C18H24N4O5. The number of amides is 4. The van der Waals surface area contributed by atoms with Gasteiger partial charge < -0.3 is 10.6 Å². The van der Waals surface area contributed by atoms with Crippen LogP contribution in [0.2, 0.25) is 0 Å². The number of imide groups is 1. The maximum atomic E-state index is 12.8. The van der Waals surface area contributed by atoms with Crippen molar-refractivity contribution in [1.29, 1.82) is 0 Å². The van der Waals surface area contributed by atoms with Gasteiger partial charge in [-0.3, -0.25) is 24.6 Å². The minimum absolute atomic E-state index is 0.181. The summed E-state index contributed by atoms with van der Waals surface area (Å²) in [4.78, 5) is 48.3. The van der Waals surface area contributed by atoms with Gasteiger partial charge in [0.25, 0.3) is 11.6 Å². The number of nitro benzene ring substituents is 1. The van der Waals surface area contributed by atoms with Crippen LogP contribution < -0.4 is 10.6 Å². The van der Waals surface area contributed by atoms with E-state index in [4.69, 9.17) is 0 Å². The number of carbonyl (C=O) groups is 3. The maximum absolute atomic E-state index is 12.8. The number of rotatable bonds is 9. The minimum Gasteiger partial charge on any atom is -0.355 e. The summed E-state index contributed by atoms with van der Waals surface area (Å²) in [5.74, 6) is -1.03. The number of urea groups is 1. The van der Waals surface area contributed by atoms with Crippen molar-refractivity contribution >= 4 is 23.5 Å². The van der Waals surface area contributed by atoms with E-state index in [0.29, 0.717) is 6.54 Å². The van der Waals surface area contributed by atoms with Crippen LogP contribution in [0.25, 0.3) is 0 Å². The van der Waals surface area contributed by atoms with Crippen LogP contribution in [0.5, 0.6) is 0 Å². The van der Waals surface area contributed by atoms with E-state index in [0.717, 1.165) is 30.6 Å². The van der Waals surface area contributed by atoms with Gasteiger partial charge in [-0.05, 0) is 18.9 Å². The third-order valence-electron chi connectivity index (χ3n) is 4.56. The van der Waals surface area contributed by atoms with Gasteiger partial charge in [0.2, 0.25) is 5.91 Å². The molecule has 1 fully saturated rings. The van der Waals surface area contributed by atoms with Crippen molar-refractivity contribution in [3.05, 3.63) is 39.9 Å². The third-order valence-corrected chi connectivity index (χ3v) is 4.56. The molecule has 2 N–H and O–H groups in total. The van der Waals surface area contributed by atoms with Crippen molar-refractivity contribution in [3.8, 4) is 0 Å². The molecule has 0 radical (unpaired) electrons. The maximum Gasteiger partial charge on any atom is 0.325 e. The summed E-state index contributed by atoms with van der Waals surface area (Å²) in [5.41, 5.74) is -1.35. The summed E-state index contributed by atoms with van der Waals surface area (Å²) >= 11 is 0. The highest BCUT2D eigenvalue weighted by Gasteiger charge is 2.49. The quantitative estimate of drug-likeness (QED) is 0.296. The van der Waals surface area contributed by atoms with Crippen LogP contribution >= 0.6 is 0 Å². The Morgan fingerprint density at radius 1 is 1.30 bits per heavy atom. The molecule has 0 bridgehead atoms. The highest BCUT2D eigenvalue weighted by Crippen LogP contribution is 2.30. The average molecular weight is 376 g/mol. The van der Waals surface area contributed by atoms with Crippen LogP contribution in [-0.2, 0) is 15.1 Å². The van der Waals surface area contributed by atoms with Gasteiger partial charge in [0.1, 0.15) is 12.1 Å². The molecule has 0 aliphatic carbocycles. The number of carbonyl (C=O) groups excluding carboxylic acids is 3. The molecule has 1 saturated heterocycles. The van der Waals surface area contributed by atoms with Gasteiger partial charge >= 0.3 is 6.03 Å². The molecule has 9 heteroatoms. The molecule has 0 saturated carbocycles. The SMILES string of the molecule is CCCCCCNC(=O)CN1C(=O)NC(C)(c2cccc([N+](=O)[O-])c2)C1=O. The summed E-state index contributed by atoms with van der Waals surface area (Å²) < 4.78 is 0. The number of nitro groups is 1. The van der Waals surface area contributed by atoms with E-state index in [9.17, 15) is 24.5 Å². The first-order valence-corrected chi connectivity index (χ1v) is 8.95. The zero-order chi connectivity index (χ0) is 20.0. The molecular weight excluding hydrogens is 352 g/mol. The smallest absolute Gasteiger partial charge is 0.325 e. The summed E-state index contributed by atoms with van der Waals surface area (Å²) in [6, 6.07) is 4.83. The fraction of sp³-hybridized carbons (Fsp3) is 0.500. The van der Waals surface area contributed by atoms with Crippen LogP contribution in [0.15, 0.2) is 24.3 Å². The largest absolute Gasteiger partial charge is 0.355 e. The number of benzene rings is 1. The molecule has 27 heavy (non-hydrogen) atoms. The summed E-state index contributed by atoms with van der Waals surface area (Å²) in [5, 5.41) is 16.2. The van der Waals surface area contributed by atoms with E-state index in [2.05, 4.69) is 17.6 Å². The van der Waals surface area contributed by atoms with Crippen molar-refractivity contribution < 1.29 is 19.3 Å². The number of unbranched alkanes of at least 4 members (excludes halogenated alkanes) is 3. The lowest BCUT2D eigenvalue weighted by atomic mass is 9.91. The van der Waals surface area contributed by atoms with Crippen LogP contribution in [0.4, 0.5) is 10.5 Å². The number of hydrogen-bond acceptors (Lipinski definition) is 5. The van der Waals surface area contributed by atoms with Crippen LogP contribution in [0.1, 0.15) is 45.1 Å². The summed E-state index contributed by atoms with van der Waals surface area (Å²) in [6.07, 6.45) is 4.02. The third kappa shape index (κ3) is 4.60. The topological polar surface area (TPSA) is 122 Å². The average Bonchev–Trinajstić information content (AvgIpc) is 2.86. The highest BCUT2D eigenvalue weighted by molar-refractivity contribution is 6.09. The van der Waals surface area contributed by atoms with Gasteiger partial charge in [-0.15, -0.1) is 0 Å². The Bertz CT molecular complexity index is 751. The number of hydrogen-bond donors (Lipinski definition) is 2. The standard InChI is InChI=1S/C18H24N4O5/c1-3-4-5-6-10-19-15(23)12-21-16(24)18(2,20-17(21)25)13-8-7-9-14(11-13)22(26)27/h7-9,11H,3-6,10,12H2,1-2H3,(H,19,23)(H,20,25). The first-order valence-electron chi connectivity index (χ1n) is 8.95. The van der Waals surface area contributed by atoms with Gasteiger partial charge in [0.05, 0.1) is 4.92 Å². The van der Waals surface area contributed by atoms with Gasteiger partial charge in [0, 0.05) is 18.7 Å². The fourth-order valence-corrected chi connectivity index (χ4v) is 2.95. The van der Waals surface area contributed by atoms with Crippen molar-refractivity contribution in [2.75, 3.05) is 13.1 Å². The molecule has 2 rings (SSSR count).